The van der Waals surface area contributed by atoms with Gasteiger partial charge in [-0.25, -0.2) is 4.98 Å². The highest BCUT2D eigenvalue weighted by atomic mass is 32.1. The Morgan fingerprint density at radius 3 is 3.17 bits per heavy atom. The largest absolute Gasteiger partial charge is 0.481 e. The Morgan fingerprint density at radius 2 is 2.50 bits per heavy atom. The molecule has 1 atom stereocenters. The van der Waals surface area contributed by atoms with Gasteiger partial charge in [0.1, 0.15) is 10.9 Å². The van der Waals surface area contributed by atoms with Crippen molar-refractivity contribution in [2.24, 2.45) is 0 Å². The molecular weight excluding hydrogens is 250 g/mol. The zero-order valence-corrected chi connectivity index (χ0v) is 10.8. The van der Waals surface area contributed by atoms with Gasteiger partial charge in [0, 0.05) is 23.2 Å². The predicted molar refractivity (Wildman–Crippen MR) is 67.7 cm³/mol. The lowest BCUT2D eigenvalue weighted by Crippen LogP contribution is -2.08. The summed E-state index contributed by atoms with van der Waals surface area (Å²) < 4.78 is 1.84. The molecule has 1 unspecified atom stereocenters. The number of thiazole rings is 1. The summed E-state index contributed by atoms with van der Waals surface area (Å²) >= 11 is 1.59. The van der Waals surface area contributed by atoms with Gasteiger partial charge in [-0.2, -0.15) is 5.10 Å². The van der Waals surface area contributed by atoms with Gasteiger partial charge in [0.2, 0.25) is 0 Å². The van der Waals surface area contributed by atoms with E-state index in [4.69, 9.17) is 5.11 Å². The zero-order valence-electron chi connectivity index (χ0n) is 9.96. The van der Waals surface area contributed by atoms with Crippen molar-refractivity contribution in [3.63, 3.8) is 0 Å². The van der Waals surface area contributed by atoms with Crippen molar-refractivity contribution in [2.45, 2.75) is 32.2 Å². The number of rotatable bonds is 3. The van der Waals surface area contributed by atoms with Gasteiger partial charge < -0.3 is 5.11 Å². The molecule has 0 aromatic carbocycles. The van der Waals surface area contributed by atoms with Crippen molar-refractivity contribution in [1.29, 1.82) is 0 Å². The van der Waals surface area contributed by atoms with Crippen LogP contribution >= 0.6 is 11.3 Å². The van der Waals surface area contributed by atoms with Crippen LogP contribution in [0.3, 0.4) is 0 Å². The standard InChI is InChI=1S/C12H13N3O2S/c1-2-15-6-7(5-13-15)11-14-10-8(12(16)17)3-4-9(10)18-11/h5-6,8H,2-4H2,1H3,(H,16,17). The zero-order chi connectivity index (χ0) is 12.7. The van der Waals surface area contributed by atoms with Crippen LogP contribution in [0.2, 0.25) is 0 Å². The number of hydrogen-bond donors (Lipinski definition) is 1. The summed E-state index contributed by atoms with van der Waals surface area (Å²) in [7, 11) is 0. The number of fused-ring (bicyclic) bond motifs is 1. The third kappa shape index (κ3) is 1.73. The van der Waals surface area contributed by atoms with E-state index in [-0.39, 0.29) is 0 Å². The summed E-state index contributed by atoms with van der Waals surface area (Å²) in [6, 6.07) is 0. The summed E-state index contributed by atoms with van der Waals surface area (Å²) in [5, 5.41) is 14.2. The topological polar surface area (TPSA) is 68.0 Å². The summed E-state index contributed by atoms with van der Waals surface area (Å²) in [6.07, 6.45) is 5.24. The highest BCUT2D eigenvalue weighted by molar-refractivity contribution is 7.15. The fourth-order valence-corrected chi connectivity index (χ4v) is 3.35. The molecule has 5 nitrogen and oxygen atoms in total. The van der Waals surface area contributed by atoms with E-state index in [0.29, 0.717) is 6.42 Å². The Morgan fingerprint density at radius 1 is 1.67 bits per heavy atom. The van der Waals surface area contributed by atoms with Crippen molar-refractivity contribution < 1.29 is 9.90 Å². The maximum atomic E-state index is 11.1. The SMILES string of the molecule is CCn1cc(-c2nc3c(s2)CCC3C(=O)O)cn1. The van der Waals surface area contributed by atoms with Gasteiger partial charge in [0.15, 0.2) is 0 Å². The first-order valence-electron chi connectivity index (χ1n) is 5.94. The van der Waals surface area contributed by atoms with E-state index in [1.165, 1.54) is 0 Å². The predicted octanol–water partition coefficient (Wildman–Crippen LogP) is 2.14. The van der Waals surface area contributed by atoms with E-state index in [9.17, 15) is 4.79 Å². The number of carboxylic acids is 1. The summed E-state index contributed by atoms with van der Waals surface area (Å²) in [6.45, 7) is 2.85. The molecule has 0 saturated carbocycles. The molecule has 0 radical (unpaired) electrons. The quantitative estimate of drug-likeness (QED) is 0.921. The van der Waals surface area contributed by atoms with Crippen LogP contribution in [0.1, 0.15) is 29.8 Å². The molecule has 1 aliphatic carbocycles. The molecule has 1 aliphatic rings. The van der Waals surface area contributed by atoms with Gasteiger partial charge in [-0.3, -0.25) is 9.48 Å². The third-order valence-corrected chi connectivity index (χ3v) is 4.40. The van der Waals surface area contributed by atoms with Crippen LogP contribution in [-0.2, 0) is 17.8 Å². The maximum Gasteiger partial charge on any atom is 0.312 e. The number of aromatic nitrogens is 3. The first-order chi connectivity index (χ1) is 8.69. The van der Waals surface area contributed by atoms with Crippen LogP contribution in [0.4, 0.5) is 0 Å². The van der Waals surface area contributed by atoms with Gasteiger partial charge in [-0.1, -0.05) is 0 Å². The molecule has 2 heterocycles. The number of carboxylic acid groups (broad SMARTS) is 1. The van der Waals surface area contributed by atoms with E-state index in [0.717, 1.165) is 34.1 Å². The molecule has 2 aromatic heterocycles. The van der Waals surface area contributed by atoms with E-state index in [1.807, 2.05) is 17.8 Å². The van der Waals surface area contributed by atoms with Gasteiger partial charge in [0.25, 0.3) is 0 Å². The molecule has 0 amide bonds. The van der Waals surface area contributed by atoms with Gasteiger partial charge in [-0.15, -0.1) is 11.3 Å². The molecule has 0 fully saturated rings. The van der Waals surface area contributed by atoms with E-state index in [1.54, 1.807) is 17.5 Å². The number of nitrogens with zero attached hydrogens (tertiary/aromatic N) is 3. The smallest absolute Gasteiger partial charge is 0.312 e. The molecule has 94 valence electrons. The van der Waals surface area contributed by atoms with Gasteiger partial charge in [-0.05, 0) is 19.8 Å². The van der Waals surface area contributed by atoms with E-state index >= 15 is 0 Å². The van der Waals surface area contributed by atoms with Crippen LogP contribution in [0, 0.1) is 0 Å². The molecule has 3 rings (SSSR count). The summed E-state index contributed by atoms with van der Waals surface area (Å²) in [4.78, 5) is 16.7. The lowest BCUT2D eigenvalue weighted by Gasteiger charge is -2.00. The van der Waals surface area contributed by atoms with Crippen molar-refractivity contribution in [3.05, 3.63) is 23.0 Å². The van der Waals surface area contributed by atoms with Crippen molar-refractivity contribution in [3.8, 4) is 10.6 Å². The van der Waals surface area contributed by atoms with Crippen molar-refractivity contribution in [1.82, 2.24) is 14.8 Å². The minimum atomic E-state index is -0.769. The molecule has 0 aliphatic heterocycles. The molecule has 18 heavy (non-hydrogen) atoms. The van der Waals surface area contributed by atoms with Gasteiger partial charge in [0.05, 0.1) is 11.9 Å². The highest BCUT2D eigenvalue weighted by Gasteiger charge is 2.32. The first kappa shape index (κ1) is 11.4. The molecule has 2 aromatic rings. The molecular formula is C12H13N3O2S. The number of carbonyl (C=O) groups is 1. The van der Waals surface area contributed by atoms with Gasteiger partial charge >= 0.3 is 5.97 Å². The molecule has 6 heteroatoms. The third-order valence-electron chi connectivity index (χ3n) is 3.22. The summed E-state index contributed by atoms with van der Waals surface area (Å²) in [5.41, 5.74) is 1.73. The Labute approximate surface area is 108 Å². The Kier molecular flexibility index (Phi) is 2.66. The lowest BCUT2D eigenvalue weighted by atomic mass is 10.1. The van der Waals surface area contributed by atoms with Crippen LogP contribution in [0.5, 0.6) is 0 Å². The van der Waals surface area contributed by atoms with E-state index in [2.05, 4.69) is 10.1 Å². The van der Waals surface area contributed by atoms with Crippen LogP contribution in [0.15, 0.2) is 12.4 Å². The number of aliphatic carboxylic acids is 1. The first-order valence-corrected chi connectivity index (χ1v) is 6.76. The Balaban J connectivity index is 1.96. The monoisotopic (exact) mass is 263 g/mol. The fourth-order valence-electron chi connectivity index (χ4n) is 2.24. The van der Waals surface area contributed by atoms with Crippen LogP contribution in [-0.4, -0.2) is 25.8 Å². The lowest BCUT2D eigenvalue weighted by molar-refractivity contribution is -0.138. The highest BCUT2D eigenvalue weighted by Crippen LogP contribution is 2.39. The van der Waals surface area contributed by atoms with Crippen molar-refractivity contribution >= 4 is 17.3 Å². The molecule has 0 saturated heterocycles. The second kappa shape index (κ2) is 4.20. The molecule has 0 spiro atoms. The fraction of sp³-hybridized carbons (Fsp3) is 0.417. The maximum absolute atomic E-state index is 11.1. The minimum absolute atomic E-state index is 0.425. The van der Waals surface area contributed by atoms with Crippen LogP contribution in [0.25, 0.3) is 10.6 Å². The van der Waals surface area contributed by atoms with Crippen molar-refractivity contribution in [2.75, 3.05) is 0 Å². The number of hydrogen-bond acceptors (Lipinski definition) is 4. The van der Waals surface area contributed by atoms with E-state index < -0.39 is 11.9 Å². The average Bonchev–Trinajstić information content (AvgIpc) is 3.02. The normalized spacial score (nSPS) is 17.9. The second-order valence-corrected chi connectivity index (χ2v) is 5.43. The average molecular weight is 263 g/mol. The summed E-state index contributed by atoms with van der Waals surface area (Å²) in [5.74, 6) is -1.19. The Hall–Kier alpha value is -1.69. The van der Waals surface area contributed by atoms with Crippen LogP contribution < -0.4 is 0 Å². The second-order valence-electron chi connectivity index (χ2n) is 4.34. The molecule has 0 bridgehead atoms. The Bertz CT molecular complexity index is 602. The minimum Gasteiger partial charge on any atom is -0.481 e. The number of aryl methyl sites for hydroxylation is 2. The molecule has 1 N–H and O–H groups in total.